The van der Waals surface area contributed by atoms with Gasteiger partial charge in [-0.2, -0.15) is 0 Å². The molecule has 0 aliphatic carbocycles. The summed E-state index contributed by atoms with van der Waals surface area (Å²) < 4.78 is 0. The molecule has 1 aromatic carbocycles. The van der Waals surface area contributed by atoms with Gasteiger partial charge in [0.15, 0.2) is 0 Å². The highest BCUT2D eigenvalue weighted by Crippen LogP contribution is 2.15. The number of rotatable bonds is 4. The lowest BCUT2D eigenvalue weighted by Crippen LogP contribution is -2.47. The summed E-state index contributed by atoms with van der Waals surface area (Å²) in [6.45, 7) is 5.72. The Morgan fingerprint density at radius 1 is 1.40 bits per heavy atom. The first-order valence-electron chi connectivity index (χ1n) is 7.35. The average molecular weight is 275 g/mol. The van der Waals surface area contributed by atoms with Gasteiger partial charge in [-0.1, -0.05) is 18.2 Å². The fourth-order valence-corrected chi connectivity index (χ4v) is 2.62. The Bertz CT molecular complexity index is 461. The van der Waals surface area contributed by atoms with E-state index in [2.05, 4.69) is 29.5 Å². The van der Waals surface area contributed by atoms with Crippen molar-refractivity contribution in [2.45, 2.75) is 38.8 Å². The summed E-state index contributed by atoms with van der Waals surface area (Å²) in [7, 11) is 2.16. The zero-order valence-corrected chi connectivity index (χ0v) is 12.6. The van der Waals surface area contributed by atoms with Crippen LogP contribution in [0.25, 0.3) is 0 Å². The second-order valence-corrected chi connectivity index (χ2v) is 5.79. The number of nitrogens with zero attached hydrogens (tertiary/aromatic N) is 1. The van der Waals surface area contributed by atoms with Crippen LogP contribution in [0, 0.1) is 6.92 Å². The number of anilines is 1. The van der Waals surface area contributed by atoms with Crippen LogP contribution in [0.1, 0.15) is 25.3 Å². The molecule has 0 aromatic heterocycles. The Morgan fingerprint density at radius 2 is 2.15 bits per heavy atom. The van der Waals surface area contributed by atoms with Crippen molar-refractivity contribution in [1.29, 1.82) is 0 Å². The number of amides is 1. The van der Waals surface area contributed by atoms with Gasteiger partial charge >= 0.3 is 0 Å². The fourth-order valence-electron chi connectivity index (χ4n) is 2.62. The number of piperidine rings is 1. The number of aryl methyl sites for hydroxylation is 1. The standard InChI is InChI=1S/C16H25N3O/c1-12-6-4-5-7-15(12)18-16(20)11-17-14-8-9-19(3)13(2)10-14/h4-7,13-14,17H,8-11H2,1-3H3,(H,18,20). The number of nitrogens with one attached hydrogen (secondary N) is 2. The van der Waals surface area contributed by atoms with E-state index in [0.717, 1.165) is 30.6 Å². The third kappa shape index (κ3) is 4.05. The van der Waals surface area contributed by atoms with E-state index in [1.165, 1.54) is 0 Å². The highest BCUT2D eigenvalue weighted by molar-refractivity contribution is 5.92. The number of carbonyl (C=O) groups is 1. The molecule has 4 heteroatoms. The molecule has 20 heavy (non-hydrogen) atoms. The van der Waals surface area contributed by atoms with E-state index in [4.69, 9.17) is 0 Å². The highest BCUT2D eigenvalue weighted by atomic mass is 16.1. The summed E-state index contributed by atoms with van der Waals surface area (Å²) in [5, 5.41) is 6.33. The minimum absolute atomic E-state index is 0.0332. The molecular weight excluding hydrogens is 250 g/mol. The predicted octanol–water partition coefficient (Wildman–Crippen LogP) is 2.01. The molecule has 0 radical (unpaired) electrons. The van der Waals surface area contributed by atoms with Crippen LogP contribution in [0.15, 0.2) is 24.3 Å². The van der Waals surface area contributed by atoms with Gasteiger partial charge in [0.25, 0.3) is 0 Å². The number of para-hydroxylation sites is 1. The Hall–Kier alpha value is -1.39. The van der Waals surface area contributed by atoms with E-state index in [1.807, 2.05) is 31.2 Å². The molecule has 1 fully saturated rings. The van der Waals surface area contributed by atoms with Crippen LogP contribution in [0.5, 0.6) is 0 Å². The molecule has 0 saturated carbocycles. The number of hydrogen-bond acceptors (Lipinski definition) is 3. The van der Waals surface area contributed by atoms with Crippen molar-refractivity contribution < 1.29 is 4.79 Å². The van der Waals surface area contributed by atoms with E-state index < -0.39 is 0 Å². The molecular formula is C16H25N3O. The number of carbonyl (C=O) groups excluding carboxylic acids is 1. The van der Waals surface area contributed by atoms with Crippen LogP contribution in [0.4, 0.5) is 5.69 Å². The van der Waals surface area contributed by atoms with E-state index in [-0.39, 0.29) is 5.91 Å². The van der Waals surface area contributed by atoms with Gasteiger partial charge in [-0.25, -0.2) is 0 Å². The lowest BCUT2D eigenvalue weighted by Gasteiger charge is -2.35. The maximum Gasteiger partial charge on any atom is 0.238 e. The quantitative estimate of drug-likeness (QED) is 0.883. The third-order valence-corrected chi connectivity index (χ3v) is 4.18. The molecule has 1 amide bonds. The molecule has 0 spiro atoms. The molecule has 0 bridgehead atoms. The van der Waals surface area contributed by atoms with Crippen molar-refractivity contribution in [1.82, 2.24) is 10.2 Å². The largest absolute Gasteiger partial charge is 0.325 e. The van der Waals surface area contributed by atoms with Crippen LogP contribution in [0.2, 0.25) is 0 Å². The zero-order valence-electron chi connectivity index (χ0n) is 12.6. The van der Waals surface area contributed by atoms with Gasteiger partial charge < -0.3 is 15.5 Å². The van der Waals surface area contributed by atoms with E-state index >= 15 is 0 Å². The molecule has 1 aromatic rings. The van der Waals surface area contributed by atoms with Crippen LogP contribution in [0.3, 0.4) is 0 Å². The SMILES string of the molecule is Cc1ccccc1NC(=O)CNC1CCN(C)C(C)C1. The number of hydrogen-bond donors (Lipinski definition) is 2. The topological polar surface area (TPSA) is 44.4 Å². The van der Waals surface area contributed by atoms with Crippen LogP contribution >= 0.6 is 0 Å². The third-order valence-electron chi connectivity index (χ3n) is 4.18. The van der Waals surface area contributed by atoms with Gasteiger partial charge in [-0.3, -0.25) is 4.79 Å². The number of benzene rings is 1. The van der Waals surface area contributed by atoms with E-state index in [9.17, 15) is 4.79 Å². The predicted molar refractivity (Wildman–Crippen MR) is 82.9 cm³/mol. The summed E-state index contributed by atoms with van der Waals surface area (Å²) in [5.41, 5.74) is 1.99. The van der Waals surface area contributed by atoms with Crippen molar-refractivity contribution in [3.63, 3.8) is 0 Å². The summed E-state index contributed by atoms with van der Waals surface area (Å²) >= 11 is 0. The van der Waals surface area contributed by atoms with Crippen molar-refractivity contribution in [3.05, 3.63) is 29.8 Å². The molecule has 1 saturated heterocycles. The summed E-state index contributed by atoms with van der Waals surface area (Å²) in [6, 6.07) is 8.88. The Morgan fingerprint density at radius 3 is 2.85 bits per heavy atom. The van der Waals surface area contributed by atoms with Crippen LogP contribution in [-0.4, -0.2) is 43.0 Å². The van der Waals surface area contributed by atoms with Crippen LogP contribution < -0.4 is 10.6 Å². The molecule has 2 N–H and O–H groups in total. The summed E-state index contributed by atoms with van der Waals surface area (Å²) in [6.07, 6.45) is 2.21. The molecule has 110 valence electrons. The van der Waals surface area contributed by atoms with E-state index in [0.29, 0.717) is 18.6 Å². The molecule has 1 aliphatic rings. The zero-order chi connectivity index (χ0) is 14.5. The van der Waals surface area contributed by atoms with Gasteiger partial charge in [-0.05, 0) is 51.9 Å². The smallest absolute Gasteiger partial charge is 0.238 e. The summed E-state index contributed by atoms with van der Waals surface area (Å²) in [5.74, 6) is 0.0332. The fraction of sp³-hybridized carbons (Fsp3) is 0.562. The first-order chi connectivity index (χ1) is 9.56. The van der Waals surface area contributed by atoms with Crippen molar-refractivity contribution in [2.24, 2.45) is 0 Å². The van der Waals surface area contributed by atoms with Crippen LogP contribution in [-0.2, 0) is 4.79 Å². The van der Waals surface area contributed by atoms with Gasteiger partial charge in [0.1, 0.15) is 0 Å². The second kappa shape index (κ2) is 6.86. The Kier molecular flexibility index (Phi) is 5.15. The maximum atomic E-state index is 12.0. The van der Waals surface area contributed by atoms with Gasteiger partial charge in [0.2, 0.25) is 5.91 Å². The van der Waals surface area contributed by atoms with Gasteiger partial charge in [0, 0.05) is 17.8 Å². The molecule has 1 aliphatic heterocycles. The number of likely N-dealkylation sites (tertiary alicyclic amines) is 1. The molecule has 1 heterocycles. The van der Waals surface area contributed by atoms with Crippen molar-refractivity contribution >= 4 is 11.6 Å². The maximum absolute atomic E-state index is 12.0. The van der Waals surface area contributed by atoms with Gasteiger partial charge in [-0.15, -0.1) is 0 Å². The molecule has 2 atom stereocenters. The molecule has 2 unspecified atom stereocenters. The first kappa shape index (κ1) is 15.0. The second-order valence-electron chi connectivity index (χ2n) is 5.79. The normalized spacial score (nSPS) is 23.6. The Balaban J connectivity index is 1.77. The highest BCUT2D eigenvalue weighted by Gasteiger charge is 2.22. The van der Waals surface area contributed by atoms with Crippen molar-refractivity contribution in [2.75, 3.05) is 25.5 Å². The van der Waals surface area contributed by atoms with E-state index in [1.54, 1.807) is 0 Å². The minimum Gasteiger partial charge on any atom is -0.325 e. The average Bonchev–Trinajstić information content (AvgIpc) is 2.43. The minimum atomic E-state index is 0.0332. The first-order valence-corrected chi connectivity index (χ1v) is 7.35. The lowest BCUT2D eigenvalue weighted by molar-refractivity contribution is -0.115. The van der Waals surface area contributed by atoms with Gasteiger partial charge in [0.05, 0.1) is 6.54 Å². The molecule has 2 rings (SSSR count). The lowest BCUT2D eigenvalue weighted by atomic mass is 9.99. The monoisotopic (exact) mass is 275 g/mol. The molecule has 4 nitrogen and oxygen atoms in total. The van der Waals surface area contributed by atoms with Crippen molar-refractivity contribution in [3.8, 4) is 0 Å². The Labute approximate surface area is 121 Å². The summed E-state index contributed by atoms with van der Waals surface area (Å²) in [4.78, 5) is 14.3.